The van der Waals surface area contributed by atoms with Crippen molar-refractivity contribution in [2.24, 2.45) is 0 Å². The predicted octanol–water partition coefficient (Wildman–Crippen LogP) is 2.36. The standard InChI is InChI=1S/C10H18ClNOS/c1-8-6-12(7-9(2)14-8)10(13)4-3-5-11/h8-9H,3-7H2,1-2H3. The van der Waals surface area contributed by atoms with E-state index >= 15 is 0 Å². The van der Waals surface area contributed by atoms with E-state index in [0.717, 1.165) is 19.5 Å². The smallest absolute Gasteiger partial charge is 0.222 e. The van der Waals surface area contributed by atoms with Crippen LogP contribution >= 0.6 is 23.4 Å². The summed E-state index contributed by atoms with van der Waals surface area (Å²) < 4.78 is 0. The number of nitrogens with zero attached hydrogens (tertiary/aromatic N) is 1. The Morgan fingerprint density at radius 2 is 2.00 bits per heavy atom. The minimum Gasteiger partial charge on any atom is -0.341 e. The highest BCUT2D eigenvalue weighted by atomic mass is 35.5. The van der Waals surface area contributed by atoms with Crippen LogP contribution < -0.4 is 0 Å². The van der Waals surface area contributed by atoms with Crippen molar-refractivity contribution in [3.63, 3.8) is 0 Å². The molecule has 0 aliphatic carbocycles. The molecule has 1 heterocycles. The van der Waals surface area contributed by atoms with Gasteiger partial charge in [-0.1, -0.05) is 13.8 Å². The van der Waals surface area contributed by atoms with Crippen molar-refractivity contribution in [2.75, 3.05) is 19.0 Å². The number of halogens is 1. The van der Waals surface area contributed by atoms with Crippen molar-refractivity contribution >= 4 is 29.3 Å². The average molecular weight is 236 g/mol. The van der Waals surface area contributed by atoms with Gasteiger partial charge in [-0.2, -0.15) is 11.8 Å². The highest BCUT2D eigenvalue weighted by Gasteiger charge is 2.25. The Hall–Kier alpha value is 0.110. The maximum atomic E-state index is 11.7. The number of thioether (sulfide) groups is 1. The SMILES string of the molecule is CC1CN(C(=O)CCCCl)CC(C)S1. The predicted molar refractivity (Wildman–Crippen MR) is 63.0 cm³/mol. The fourth-order valence-electron chi connectivity index (χ4n) is 1.76. The molecule has 2 nitrogen and oxygen atoms in total. The van der Waals surface area contributed by atoms with Crippen LogP contribution in [0.5, 0.6) is 0 Å². The summed E-state index contributed by atoms with van der Waals surface area (Å²) in [6.45, 7) is 6.16. The van der Waals surface area contributed by atoms with E-state index in [-0.39, 0.29) is 5.91 Å². The van der Waals surface area contributed by atoms with Gasteiger partial charge < -0.3 is 4.90 Å². The van der Waals surface area contributed by atoms with Crippen LogP contribution in [0.25, 0.3) is 0 Å². The molecule has 0 aromatic carbocycles. The van der Waals surface area contributed by atoms with Gasteiger partial charge >= 0.3 is 0 Å². The van der Waals surface area contributed by atoms with Crippen molar-refractivity contribution in [3.8, 4) is 0 Å². The summed E-state index contributed by atoms with van der Waals surface area (Å²) in [5.74, 6) is 0.851. The van der Waals surface area contributed by atoms with Gasteiger partial charge in [-0.25, -0.2) is 0 Å². The van der Waals surface area contributed by atoms with Gasteiger partial charge in [0.05, 0.1) is 0 Å². The summed E-state index contributed by atoms with van der Waals surface area (Å²) in [5, 5.41) is 1.14. The first kappa shape index (κ1) is 12.2. The van der Waals surface area contributed by atoms with Crippen LogP contribution in [0, 0.1) is 0 Å². The number of hydrogen-bond acceptors (Lipinski definition) is 2. The lowest BCUT2D eigenvalue weighted by molar-refractivity contribution is -0.131. The number of amides is 1. The lowest BCUT2D eigenvalue weighted by atomic mass is 10.2. The van der Waals surface area contributed by atoms with Gasteiger partial charge in [-0.3, -0.25) is 4.79 Å². The Morgan fingerprint density at radius 3 is 2.50 bits per heavy atom. The molecule has 0 aromatic rings. The van der Waals surface area contributed by atoms with Gasteiger partial charge in [-0.15, -0.1) is 11.6 Å². The Bertz CT molecular complexity index is 191. The summed E-state index contributed by atoms with van der Waals surface area (Å²) in [7, 11) is 0. The molecule has 82 valence electrons. The Balaban J connectivity index is 2.38. The number of carbonyl (C=O) groups excluding carboxylic acids is 1. The van der Waals surface area contributed by atoms with E-state index < -0.39 is 0 Å². The average Bonchev–Trinajstić information content (AvgIpc) is 2.12. The van der Waals surface area contributed by atoms with Crippen LogP contribution in [-0.2, 0) is 4.79 Å². The van der Waals surface area contributed by atoms with E-state index in [0.29, 0.717) is 22.8 Å². The molecule has 0 N–H and O–H groups in total. The van der Waals surface area contributed by atoms with Crippen LogP contribution in [0.15, 0.2) is 0 Å². The molecule has 0 saturated carbocycles. The molecule has 1 rings (SSSR count). The number of rotatable bonds is 3. The molecule has 14 heavy (non-hydrogen) atoms. The zero-order valence-corrected chi connectivity index (χ0v) is 10.4. The lowest BCUT2D eigenvalue weighted by Gasteiger charge is -2.34. The highest BCUT2D eigenvalue weighted by Crippen LogP contribution is 2.25. The van der Waals surface area contributed by atoms with E-state index in [1.54, 1.807) is 0 Å². The second-order valence-corrected chi connectivity index (χ2v) is 6.11. The van der Waals surface area contributed by atoms with Gasteiger partial charge in [0.15, 0.2) is 0 Å². The van der Waals surface area contributed by atoms with Crippen LogP contribution in [-0.4, -0.2) is 40.3 Å². The lowest BCUT2D eigenvalue weighted by Crippen LogP contribution is -2.43. The highest BCUT2D eigenvalue weighted by molar-refractivity contribution is 8.00. The van der Waals surface area contributed by atoms with Crippen molar-refractivity contribution < 1.29 is 4.79 Å². The third-order valence-electron chi connectivity index (χ3n) is 2.30. The molecule has 1 aliphatic heterocycles. The molecule has 4 heteroatoms. The zero-order chi connectivity index (χ0) is 10.6. The molecular formula is C10H18ClNOS. The molecule has 0 bridgehead atoms. The van der Waals surface area contributed by atoms with Crippen molar-refractivity contribution in [1.29, 1.82) is 0 Å². The minimum atomic E-state index is 0.268. The number of hydrogen-bond donors (Lipinski definition) is 0. The monoisotopic (exact) mass is 235 g/mol. The van der Waals surface area contributed by atoms with E-state index in [9.17, 15) is 4.79 Å². The summed E-state index contributed by atoms with van der Waals surface area (Å²) in [6, 6.07) is 0. The summed E-state index contributed by atoms with van der Waals surface area (Å²) >= 11 is 7.53. The molecule has 0 spiro atoms. The molecule has 1 aliphatic rings. The molecule has 2 unspecified atom stereocenters. The fraction of sp³-hybridized carbons (Fsp3) is 0.900. The normalized spacial score (nSPS) is 27.8. The fourth-order valence-corrected chi connectivity index (χ4v) is 3.22. The molecule has 1 saturated heterocycles. The largest absolute Gasteiger partial charge is 0.341 e. The molecule has 1 amide bonds. The molecule has 0 aromatic heterocycles. The van der Waals surface area contributed by atoms with Crippen LogP contribution in [0.3, 0.4) is 0 Å². The quantitative estimate of drug-likeness (QED) is 0.700. The van der Waals surface area contributed by atoms with E-state index in [1.807, 2.05) is 16.7 Å². The Labute approximate surface area is 95.4 Å². The van der Waals surface area contributed by atoms with E-state index in [2.05, 4.69) is 13.8 Å². The van der Waals surface area contributed by atoms with Crippen LogP contribution in [0.2, 0.25) is 0 Å². The first-order valence-electron chi connectivity index (χ1n) is 5.12. The Morgan fingerprint density at radius 1 is 1.43 bits per heavy atom. The van der Waals surface area contributed by atoms with Crippen LogP contribution in [0.4, 0.5) is 0 Å². The number of alkyl halides is 1. The maximum Gasteiger partial charge on any atom is 0.222 e. The third kappa shape index (κ3) is 3.70. The summed E-state index contributed by atoms with van der Waals surface area (Å²) in [4.78, 5) is 13.7. The molecule has 1 fully saturated rings. The first-order chi connectivity index (χ1) is 6.63. The van der Waals surface area contributed by atoms with E-state index in [4.69, 9.17) is 11.6 Å². The van der Waals surface area contributed by atoms with Gasteiger partial charge in [0.25, 0.3) is 0 Å². The maximum absolute atomic E-state index is 11.7. The second-order valence-electron chi connectivity index (χ2n) is 3.85. The summed E-state index contributed by atoms with van der Waals surface area (Å²) in [6.07, 6.45) is 1.40. The minimum absolute atomic E-state index is 0.268. The number of carbonyl (C=O) groups is 1. The molecular weight excluding hydrogens is 218 g/mol. The first-order valence-corrected chi connectivity index (χ1v) is 6.60. The van der Waals surface area contributed by atoms with Crippen molar-refractivity contribution in [3.05, 3.63) is 0 Å². The van der Waals surface area contributed by atoms with Gasteiger partial charge in [0.2, 0.25) is 5.91 Å². The van der Waals surface area contributed by atoms with Crippen molar-refractivity contribution in [1.82, 2.24) is 4.90 Å². The third-order valence-corrected chi connectivity index (χ3v) is 3.79. The van der Waals surface area contributed by atoms with Gasteiger partial charge in [0, 0.05) is 35.9 Å². The zero-order valence-electron chi connectivity index (χ0n) is 8.83. The topological polar surface area (TPSA) is 20.3 Å². The van der Waals surface area contributed by atoms with Crippen LogP contribution in [0.1, 0.15) is 26.7 Å². The Kier molecular flexibility index (Phi) is 5.10. The van der Waals surface area contributed by atoms with Gasteiger partial charge in [0.1, 0.15) is 0 Å². The van der Waals surface area contributed by atoms with Gasteiger partial charge in [-0.05, 0) is 6.42 Å². The summed E-state index contributed by atoms with van der Waals surface area (Å²) in [5.41, 5.74) is 0. The van der Waals surface area contributed by atoms with E-state index in [1.165, 1.54) is 0 Å². The molecule has 0 radical (unpaired) electrons. The molecule has 2 atom stereocenters. The van der Waals surface area contributed by atoms with Crippen molar-refractivity contribution in [2.45, 2.75) is 37.2 Å². The second kappa shape index (κ2) is 5.86.